The van der Waals surface area contributed by atoms with Crippen LogP contribution in [0.15, 0.2) is 11.1 Å². The van der Waals surface area contributed by atoms with E-state index in [1.165, 1.54) is 0 Å². The fourth-order valence-electron chi connectivity index (χ4n) is 3.73. The van der Waals surface area contributed by atoms with Crippen molar-refractivity contribution in [2.75, 3.05) is 26.2 Å². The minimum absolute atomic E-state index is 0.116. The van der Waals surface area contributed by atoms with E-state index in [0.29, 0.717) is 17.7 Å². The van der Waals surface area contributed by atoms with Gasteiger partial charge in [0, 0.05) is 12.1 Å². The molecule has 1 spiro atoms. The molecule has 0 bridgehead atoms. The Morgan fingerprint density at radius 1 is 1.22 bits per heavy atom. The molecular weight excluding hydrogens is 292 g/mol. The summed E-state index contributed by atoms with van der Waals surface area (Å²) in [5.74, 6) is -0.435. The highest BCUT2D eigenvalue weighted by molar-refractivity contribution is 6.07. The summed E-state index contributed by atoms with van der Waals surface area (Å²) in [6, 6.07) is 0. The van der Waals surface area contributed by atoms with E-state index >= 15 is 0 Å². The van der Waals surface area contributed by atoms with Gasteiger partial charge in [-0.25, -0.2) is 4.79 Å². The zero-order valence-electron chi connectivity index (χ0n) is 14.7. The Balaban J connectivity index is 1.95. The number of carbonyl (C=O) groups is 2. The van der Waals surface area contributed by atoms with Crippen molar-refractivity contribution >= 4 is 11.9 Å². The second-order valence-electron chi connectivity index (χ2n) is 6.58. The normalized spacial score (nSPS) is 20.3. The number of nitrogens with one attached hydrogen (secondary N) is 1. The van der Waals surface area contributed by atoms with Gasteiger partial charge < -0.3 is 15.0 Å². The molecule has 5 heteroatoms. The van der Waals surface area contributed by atoms with Gasteiger partial charge in [0.05, 0.1) is 5.57 Å². The van der Waals surface area contributed by atoms with E-state index in [-0.39, 0.29) is 11.9 Å². The fourth-order valence-corrected chi connectivity index (χ4v) is 3.73. The molecule has 0 aromatic heterocycles. The van der Waals surface area contributed by atoms with E-state index in [1.807, 2.05) is 0 Å². The molecule has 1 heterocycles. The van der Waals surface area contributed by atoms with E-state index in [0.717, 1.165) is 58.2 Å². The van der Waals surface area contributed by atoms with Crippen molar-refractivity contribution < 1.29 is 14.3 Å². The van der Waals surface area contributed by atoms with Crippen LogP contribution in [0.1, 0.15) is 59.3 Å². The van der Waals surface area contributed by atoms with E-state index in [2.05, 4.69) is 24.1 Å². The Hall–Kier alpha value is -1.36. The lowest BCUT2D eigenvalue weighted by Gasteiger charge is -2.34. The molecular formula is C18H30N2O3. The van der Waals surface area contributed by atoms with Crippen molar-refractivity contribution in [2.24, 2.45) is 0 Å². The molecule has 2 rings (SSSR count). The molecule has 1 N–H and O–H groups in total. The number of amides is 1. The quantitative estimate of drug-likeness (QED) is 0.578. The lowest BCUT2D eigenvalue weighted by Crippen LogP contribution is -2.41. The maximum Gasteiger partial charge on any atom is 0.335 e. The Morgan fingerprint density at radius 2 is 1.87 bits per heavy atom. The van der Waals surface area contributed by atoms with Gasteiger partial charge >= 0.3 is 5.97 Å². The molecule has 1 amide bonds. The Morgan fingerprint density at radius 3 is 2.48 bits per heavy atom. The second-order valence-corrected chi connectivity index (χ2v) is 6.58. The summed E-state index contributed by atoms with van der Waals surface area (Å²) < 4.78 is 5.63. The van der Waals surface area contributed by atoms with Crippen molar-refractivity contribution in [1.82, 2.24) is 10.2 Å². The summed E-state index contributed by atoms with van der Waals surface area (Å²) in [5, 5.41) is 3.00. The molecule has 0 radical (unpaired) electrons. The van der Waals surface area contributed by atoms with E-state index in [9.17, 15) is 9.59 Å². The number of hydrogen-bond acceptors (Lipinski definition) is 4. The van der Waals surface area contributed by atoms with Gasteiger partial charge in [-0.05, 0) is 58.7 Å². The van der Waals surface area contributed by atoms with E-state index < -0.39 is 5.60 Å². The highest BCUT2D eigenvalue weighted by Gasteiger charge is 2.49. The van der Waals surface area contributed by atoms with Crippen LogP contribution in [-0.2, 0) is 14.3 Å². The standard InChI is InChI=1S/C18H30N2O3/c1-4-20(5-2)13-9-12-19-16(21)15-14(3)17(22)23-18(15)10-7-6-8-11-18/h4-13H2,1-3H3,(H,19,21). The van der Waals surface area contributed by atoms with Gasteiger partial charge in [-0.15, -0.1) is 0 Å². The molecule has 1 fully saturated rings. The first-order valence-corrected chi connectivity index (χ1v) is 8.99. The smallest absolute Gasteiger partial charge is 0.335 e. The van der Waals surface area contributed by atoms with Crippen molar-refractivity contribution in [3.05, 3.63) is 11.1 Å². The Labute approximate surface area is 139 Å². The minimum Gasteiger partial charge on any atom is -0.451 e. The van der Waals surface area contributed by atoms with Gasteiger partial charge in [-0.2, -0.15) is 0 Å². The summed E-state index contributed by atoms with van der Waals surface area (Å²) in [6.45, 7) is 9.67. The molecule has 5 nitrogen and oxygen atoms in total. The largest absolute Gasteiger partial charge is 0.451 e. The van der Waals surface area contributed by atoms with E-state index in [1.54, 1.807) is 6.92 Å². The highest BCUT2D eigenvalue weighted by Crippen LogP contribution is 2.43. The first kappa shape index (κ1) is 18.0. The molecule has 0 aromatic rings. The zero-order valence-corrected chi connectivity index (χ0v) is 14.7. The van der Waals surface area contributed by atoms with Crippen LogP contribution in [0.25, 0.3) is 0 Å². The van der Waals surface area contributed by atoms with Crippen molar-refractivity contribution in [3.63, 3.8) is 0 Å². The average molecular weight is 322 g/mol. The van der Waals surface area contributed by atoms with Crippen LogP contribution in [0, 0.1) is 0 Å². The summed E-state index contributed by atoms with van der Waals surface area (Å²) in [5.41, 5.74) is 0.431. The molecule has 1 aliphatic heterocycles. The molecule has 1 aliphatic carbocycles. The summed E-state index contributed by atoms with van der Waals surface area (Å²) in [7, 11) is 0. The third kappa shape index (κ3) is 3.94. The predicted octanol–water partition coefficient (Wildman–Crippen LogP) is 2.41. The van der Waals surface area contributed by atoms with Crippen LogP contribution in [0.2, 0.25) is 0 Å². The SMILES string of the molecule is CCN(CC)CCCNC(=O)C1=C(C)C(=O)OC12CCCCC2. The second kappa shape index (κ2) is 7.95. The number of rotatable bonds is 7. The summed E-state index contributed by atoms with van der Waals surface area (Å²) in [4.78, 5) is 27.0. The molecule has 1 saturated carbocycles. The van der Waals surface area contributed by atoms with Gasteiger partial charge in [-0.3, -0.25) is 4.79 Å². The number of ether oxygens (including phenoxy) is 1. The maximum absolute atomic E-state index is 12.6. The lowest BCUT2D eigenvalue weighted by molar-refractivity contribution is -0.149. The van der Waals surface area contributed by atoms with Gasteiger partial charge in [0.25, 0.3) is 5.91 Å². The molecule has 130 valence electrons. The molecule has 0 aromatic carbocycles. The van der Waals surface area contributed by atoms with Crippen molar-refractivity contribution in [2.45, 2.75) is 64.9 Å². The van der Waals surface area contributed by atoms with Crippen molar-refractivity contribution in [3.8, 4) is 0 Å². The topological polar surface area (TPSA) is 58.6 Å². The van der Waals surface area contributed by atoms with Crippen LogP contribution >= 0.6 is 0 Å². The number of carbonyl (C=O) groups excluding carboxylic acids is 2. The van der Waals surface area contributed by atoms with Crippen LogP contribution in [0.3, 0.4) is 0 Å². The van der Waals surface area contributed by atoms with Gasteiger partial charge in [-0.1, -0.05) is 20.3 Å². The molecule has 2 aliphatic rings. The highest BCUT2D eigenvalue weighted by atomic mass is 16.6. The zero-order chi connectivity index (χ0) is 16.9. The Bertz CT molecular complexity index is 475. The van der Waals surface area contributed by atoms with Gasteiger partial charge in [0.1, 0.15) is 5.60 Å². The minimum atomic E-state index is -0.650. The monoisotopic (exact) mass is 322 g/mol. The van der Waals surface area contributed by atoms with E-state index in [4.69, 9.17) is 4.74 Å². The average Bonchev–Trinajstić information content (AvgIpc) is 2.78. The van der Waals surface area contributed by atoms with Crippen LogP contribution < -0.4 is 5.32 Å². The number of nitrogens with zero attached hydrogens (tertiary/aromatic N) is 1. The molecule has 23 heavy (non-hydrogen) atoms. The van der Waals surface area contributed by atoms with Gasteiger partial charge in [0.2, 0.25) is 0 Å². The van der Waals surface area contributed by atoms with Crippen LogP contribution in [0.5, 0.6) is 0 Å². The van der Waals surface area contributed by atoms with Crippen molar-refractivity contribution in [1.29, 1.82) is 0 Å². The molecule has 0 atom stereocenters. The first-order chi connectivity index (χ1) is 11.0. The lowest BCUT2D eigenvalue weighted by atomic mass is 9.78. The Kier molecular flexibility index (Phi) is 6.22. The maximum atomic E-state index is 12.6. The van der Waals surface area contributed by atoms with Crippen LogP contribution in [0.4, 0.5) is 0 Å². The first-order valence-electron chi connectivity index (χ1n) is 8.99. The molecule has 0 unspecified atom stereocenters. The third-order valence-electron chi connectivity index (χ3n) is 5.14. The summed E-state index contributed by atoms with van der Waals surface area (Å²) in [6.07, 6.45) is 5.65. The predicted molar refractivity (Wildman–Crippen MR) is 90.0 cm³/mol. The number of esters is 1. The fraction of sp³-hybridized carbons (Fsp3) is 0.778. The summed E-state index contributed by atoms with van der Waals surface area (Å²) >= 11 is 0. The van der Waals surface area contributed by atoms with Gasteiger partial charge in [0.15, 0.2) is 0 Å². The third-order valence-corrected chi connectivity index (χ3v) is 5.14. The molecule has 0 saturated heterocycles. The number of hydrogen-bond donors (Lipinski definition) is 1. The van der Waals surface area contributed by atoms with Crippen LogP contribution in [-0.4, -0.2) is 48.6 Å².